The zero-order valence-corrected chi connectivity index (χ0v) is 11.0. The summed E-state index contributed by atoms with van der Waals surface area (Å²) in [5.41, 5.74) is 8.37. The van der Waals surface area contributed by atoms with Crippen LogP contribution in [0.3, 0.4) is 0 Å². The van der Waals surface area contributed by atoms with Crippen LogP contribution < -0.4 is 5.73 Å². The molecule has 1 aliphatic carbocycles. The summed E-state index contributed by atoms with van der Waals surface area (Å²) in [6.45, 7) is 0.667. The summed E-state index contributed by atoms with van der Waals surface area (Å²) in [4.78, 5) is 4.51. The summed E-state index contributed by atoms with van der Waals surface area (Å²) in [6.07, 6.45) is 4.92. The van der Waals surface area contributed by atoms with Crippen molar-refractivity contribution in [2.75, 3.05) is 6.54 Å². The van der Waals surface area contributed by atoms with Gasteiger partial charge in [-0.1, -0.05) is 29.4 Å². The number of hydrogen-bond acceptors (Lipinski definition) is 4. The lowest BCUT2D eigenvalue weighted by molar-refractivity contribution is 0.337. The lowest BCUT2D eigenvalue weighted by atomic mass is 9.84. The number of hydrogen-bond donors (Lipinski definition) is 1. The standard InChI is InChI=1S/C15H19N3O/c16-9-3-6-14-17-15(19-18-14)13-8-7-11-4-1-2-5-12(11)10-13/h1-2,4-5,13H,3,6-10,16H2. The van der Waals surface area contributed by atoms with Gasteiger partial charge in [-0.25, -0.2) is 0 Å². The number of nitrogens with two attached hydrogens (primary N) is 1. The quantitative estimate of drug-likeness (QED) is 0.912. The molecular weight excluding hydrogens is 238 g/mol. The minimum Gasteiger partial charge on any atom is -0.339 e. The highest BCUT2D eigenvalue weighted by atomic mass is 16.5. The van der Waals surface area contributed by atoms with Crippen LogP contribution in [0.1, 0.15) is 41.6 Å². The van der Waals surface area contributed by atoms with Gasteiger partial charge in [0.05, 0.1) is 0 Å². The topological polar surface area (TPSA) is 64.9 Å². The molecule has 4 heteroatoms. The largest absolute Gasteiger partial charge is 0.339 e. The number of fused-ring (bicyclic) bond motifs is 1. The summed E-state index contributed by atoms with van der Waals surface area (Å²) < 4.78 is 5.41. The molecule has 1 heterocycles. The third kappa shape index (κ3) is 2.68. The third-order valence-electron chi connectivity index (χ3n) is 3.78. The van der Waals surface area contributed by atoms with Gasteiger partial charge in [0.1, 0.15) is 0 Å². The molecule has 100 valence electrons. The Hall–Kier alpha value is -1.68. The second kappa shape index (κ2) is 5.53. The zero-order valence-electron chi connectivity index (χ0n) is 11.0. The fraction of sp³-hybridized carbons (Fsp3) is 0.467. The molecule has 2 aromatic rings. The number of nitrogens with zero attached hydrogens (tertiary/aromatic N) is 2. The molecule has 1 aromatic carbocycles. The molecule has 1 atom stereocenters. The number of aromatic nitrogens is 2. The van der Waals surface area contributed by atoms with Gasteiger partial charge < -0.3 is 10.3 Å². The van der Waals surface area contributed by atoms with E-state index in [1.165, 1.54) is 11.1 Å². The highest BCUT2D eigenvalue weighted by molar-refractivity contribution is 5.31. The second-order valence-corrected chi connectivity index (χ2v) is 5.15. The molecule has 0 saturated carbocycles. The Morgan fingerprint density at radius 1 is 1.26 bits per heavy atom. The van der Waals surface area contributed by atoms with Crippen molar-refractivity contribution in [3.63, 3.8) is 0 Å². The van der Waals surface area contributed by atoms with Crippen molar-refractivity contribution >= 4 is 0 Å². The van der Waals surface area contributed by atoms with Crippen LogP contribution in [0, 0.1) is 0 Å². The van der Waals surface area contributed by atoms with E-state index in [-0.39, 0.29) is 0 Å². The Balaban J connectivity index is 1.72. The van der Waals surface area contributed by atoms with E-state index >= 15 is 0 Å². The van der Waals surface area contributed by atoms with Gasteiger partial charge in [0.2, 0.25) is 5.89 Å². The SMILES string of the molecule is NCCCc1noc(C2CCc3ccccc3C2)n1. The van der Waals surface area contributed by atoms with Crippen molar-refractivity contribution in [2.24, 2.45) is 5.73 Å². The third-order valence-corrected chi connectivity index (χ3v) is 3.78. The highest BCUT2D eigenvalue weighted by Gasteiger charge is 2.24. The molecule has 0 aliphatic heterocycles. The van der Waals surface area contributed by atoms with Gasteiger partial charge >= 0.3 is 0 Å². The smallest absolute Gasteiger partial charge is 0.230 e. The van der Waals surface area contributed by atoms with Gasteiger partial charge in [0.15, 0.2) is 5.82 Å². The molecule has 0 fully saturated rings. The molecule has 3 rings (SSSR count). The van der Waals surface area contributed by atoms with Crippen molar-refractivity contribution in [1.29, 1.82) is 0 Å². The number of benzene rings is 1. The molecule has 2 N–H and O–H groups in total. The predicted octanol–water partition coefficient (Wildman–Crippen LogP) is 2.23. The lowest BCUT2D eigenvalue weighted by Gasteiger charge is -2.21. The van der Waals surface area contributed by atoms with Crippen LogP contribution in [-0.4, -0.2) is 16.7 Å². The molecular formula is C15H19N3O. The van der Waals surface area contributed by atoms with E-state index in [0.717, 1.165) is 43.8 Å². The summed E-state index contributed by atoms with van der Waals surface area (Å²) in [5.74, 6) is 1.95. The molecule has 1 aliphatic rings. The van der Waals surface area contributed by atoms with Crippen LogP contribution in [0.4, 0.5) is 0 Å². The minimum atomic E-state index is 0.369. The molecule has 0 saturated heterocycles. The molecule has 4 nitrogen and oxygen atoms in total. The maximum Gasteiger partial charge on any atom is 0.230 e. The van der Waals surface area contributed by atoms with Crippen molar-refractivity contribution < 1.29 is 4.52 Å². The first-order valence-electron chi connectivity index (χ1n) is 6.96. The Labute approximate surface area is 113 Å². The zero-order chi connectivity index (χ0) is 13.1. The second-order valence-electron chi connectivity index (χ2n) is 5.15. The molecule has 0 amide bonds. The summed E-state index contributed by atoms with van der Waals surface area (Å²) in [6, 6.07) is 8.62. The fourth-order valence-electron chi connectivity index (χ4n) is 2.70. The van der Waals surface area contributed by atoms with E-state index < -0.39 is 0 Å². The first-order valence-corrected chi connectivity index (χ1v) is 6.96. The average Bonchev–Trinajstić information content (AvgIpc) is 2.93. The molecule has 1 aromatic heterocycles. The molecule has 0 spiro atoms. The maximum absolute atomic E-state index is 5.49. The monoisotopic (exact) mass is 257 g/mol. The first kappa shape index (κ1) is 12.4. The van der Waals surface area contributed by atoms with Crippen LogP contribution in [0.15, 0.2) is 28.8 Å². The molecule has 19 heavy (non-hydrogen) atoms. The highest BCUT2D eigenvalue weighted by Crippen LogP contribution is 2.31. The van der Waals surface area contributed by atoms with E-state index in [2.05, 4.69) is 34.4 Å². The minimum absolute atomic E-state index is 0.369. The van der Waals surface area contributed by atoms with Gasteiger partial charge in [-0.15, -0.1) is 0 Å². The van der Waals surface area contributed by atoms with Crippen LogP contribution >= 0.6 is 0 Å². The Morgan fingerprint density at radius 3 is 2.95 bits per heavy atom. The number of aryl methyl sites for hydroxylation is 2. The van der Waals surface area contributed by atoms with Crippen LogP contribution in [0.2, 0.25) is 0 Å². The van der Waals surface area contributed by atoms with Gasteiger partial charge in [-0.3, -0.25) is 0 Å². The summed E-state index contributed by atoms with van der Waals surface area (Å²) >= 11 is 0. The van der Waals surface area contributed by atoms with Gasteiger partial charge in [-0.2, -0.15) is 4.98 Å². The summed E-state index contributed by atoms with van der Waals surface area (Å²) in [7, 11) is 0. The Kier molecular flexibility index (Phi) is 3.60. The molecule has 0 bridgehead atoms. The molecule has 1 unspecified atom stereocenters. The van der Waals surface area contributed by atoms with Crippen LogP contribution in [0.5, 0.6) is 0 Å². The first-order chi connectivity index (χ1) is 9.36. The van der Waals surface area contributed by atoms with E-state index in [0.29, 0.717) is 12.5 Å². The Bertz CT molecular complexity index is 550. The normalized spacial score (nSPS) is 18.3. The molecule has 0 radical (unpaired) electrons. The van der Waals surface area contributed by atoms with Crippen molar-refractivity contribution in [3.05, 3.63) is 47.1 Å². The van der Waals surface area contributed by atoms with E-state index in [1.54, 1.807) is 0 Å². The number of rotatable bonds is 4. The predicted molar refractivity (Wildman–Crippen MR) is 72.9 cm³/mol. The average molecular weight is 257 g/mol. The lowest BCUT2D eigenvalue weighted by Crippen LogP contribution is -2.13. The van der Waals surface area contributed by atoms with E-state index in [9.17, 15) is 0 Å². The van der Waals surface area contributed by atoms with E-state index in [1.807, 2.05) is 0 Å². The van der Waals surface area contributed by atoms with Crippen molar-refractivity contribution in [1.82, 2.24) is 10.1 Å². The van der Waals surface area contributed by atoms with Gasteiger partial charge in [0, 0.05) is 12.3 Å². The van der Waals surface area contributed by atoms with Crippen LogP contribution in [0.25, 0.3) is 0 Å². The summed E-state index contributed by atoms with van der Waals surface area (Å²) in [5, 5.41) is 4.04. The van der Waals surface area contributed by atoms with Crippen LogP contribution in [-0.2, 0) is 19.3 Å². The Morgan fingerprint density at radius 2 is 2.11 bits per heavy atom. The van der Waals surface area contributed by atoms with E-state index in [4.69, 9.17) is 10.3 Å². The van der Waals surface area contributed by atoms with Gasteiger partial charge in [-0.05, 0) is 43.4 Å². The van der Waals surface area contributed by atoms with Crippen molar-refractivity contribution in [3.8, 4) is 0 Å². The fourth-order valence-corrected chi connectivity index (χ4v) is 2.70. The maximum atomic E-state index is 5.49. The van der Waals surface area contributed by atoms with Gasteiger partial charge in [0.25, 0.3) is 0 Å². The van der Waals surface area contributed by atoms with Crippen molar-refractivity contribution in [2.45, 2.75) is 38.0 Å².